The van der Waals surface area contributed by atoms with Crippen molar-refractivity contribution in [2.75, 3.05) is 18.7 Å². The molecule has 11 heteroatoms. The number of hydrogen-bond acceptors (Lipinski definition) is 7. The van der Waals surface area contributed by atoms with E-state index in [1.54, 1.807) is 0 Å². The molecule has 5 N–H and O–H groups in total. The Morgan fingerprint density at radius 1 is 1.40 bits per heavy atom. The summed E-state index contributed by atoms with van der Waals surface area (Å²) in [5.41, 5.74) is 6.36. The quantitative estimate of drug-likeness (QED) is 0.513. The van der Waals surface area contributed by atoms with Crippen LogP contribution in [0.15, 0.2) is 12.7 Å². The first-order chi connectivity index (χ1) is 9.42. The first-order valence-corrected chi connectivity index (χ1v) is 7.42. The molecule has 0 radical (unpaired) electrons. The third kappa shape index (κ3) is 3.30. The third-order valence-corrected chi connectivity index (χ3v) is 2.99. The number of rotatable bonds is 6. The number of fused-ring (bicyclic) bond motifs is 1. The number of imidazole rings is 1. The lowest BCUT2D eigenvalue weighted by Crippen LogP contribution is -2.15. The molecular formula is C9H14N5O5P. The Balaban J connectivity index is 2.32. The van der Waals surface area contributed by atoms with Crippen LogP contribution in [-0.4, -0.2) is 47.4 Å². The van der Waals surface area contributed by atoms with Crippen LogP contribution in [0.3, 0.4) is 0 Å². The average molecular weight is 303 g/mol. The SMILES string of the molecule is Nc1ncnc2c1ncn2C(CCO)OCP(=O)(O)O. The molecule has 1 atom stereocenters. The molecule has 1 unspecified atom stereocenters. The fraction of sp³-hybridized carbons (Fsp3) is 0.444. The van der Waals surface area contributed by atoms with E-state index in [1.165, 1.54) is 17.2 Å². The lowest BCUT2D eigenvalue weighted by molar-refractivity contribution is 0.00677. The number of aliphatic hydroxyl groups is 1. The third-order valence-electron chi connectivity index (χ3n) is 2.51. The van der Waals surface area contributed by atoms with Crippen molar-refractivity contribution in [3.05, 3.63) is 12.7 Å². The maximum absolute atomic E-state index is 10.9. The number of nitrogens with two attached hydrogens (primary N) is 1. The monoisotopic (exact) mass is 303 g/mol. The van der Waals surface area contributed by atoms with Crippen LogP contribution in [-0.2, 0) is 9.30 Å². The van der Waals surface area contributed by atoms with E-state index in [1.807, 2.05) is 0 Å². The second-order valence-electron chi connectivity index (χ2n) is 4.01. The van der Waals surface area contributed by atoms with Crippen molar-refractivity contribution >= 4 is 24.6 Å². The van der Waals surface area contributed by atoms with E-state index in [2.05, 4.69) is 15.0 Å². The van der Waals surface area contributed by atoms with E-state index in [4.69, 9.17) is 25.4 Å². The van der Waals surface area contributed by atoms with Crippen LogP contribution in [0.25, 0.3) is 11.2 Å². The summed E-state index contributed by atoms with van der Waals surface area (Å²) in [7, 11) is -4.31. The van der Waals surface area contributed by atoms with Gasteiger partial charge < -0.3 is 25.4 Å². The minimum Gasteiger partial charge on any atom is -0.396 e. The van der Waals surface area contributed by atoms with E-state index < -0.39 is 20.2 Å². The smallest absolute Gasteiger partial charge is 0.351 e. The zero-order chi connectivity index (χ0) is 14.8. The van der Waals surface area contributed by atoms with Crippen molar-refractivity contribution in [1.82, 2.24) is 19.5 Å². The van der Waals surface area contributed by atoms with Gasteiger partial charge in [0.25, 0.3) is 0 Å². The lowest BCUT2D eigenvalue weighted by Gasteiger charge is -2.19. The summed E-state index contributed by atoms with van der Waals surface area (Å²) in [5, 5.41) is 9.03. The highest BCUT2D eigenvalue weighted by atomic mass is 31.2. The zero-order valence-electron chi connectivity index (χ0n) is 10.3. The number of nitrogen functional groups attached to an aromatic ring is 1. The van der Waals surface area contributed by atoms with Crippen molar-refractivity contribution in [3.63, 3.8) is 0 Å². The van der Waals surface area contributed by atoms with Gasteiger partial charge >= 0.3 is 7.60 Å². The van der Waals surface area contributed by atoms with Crippen molar-refractivity contribution in [1.29, 1.82) is 0 Å². The van der Waals surface area contributed by atoms with Crippen LogP contribution in [0.2, 0.25) is 0 Å². The Labute approximate surface area is 113 Å². The Morgan fingerprint density at radius 2 is 2.15 bits per heavy atom. The molecular weight excluding hydrogens is 289 g/mol. The maximum atomic E-state index is 10.9. The highest BCUT2D eigenvalue weighted by Gasteiger charge is 2.21. The summed E-state index contributed by atoms with van der Waals surface area (Å²) >= 11 is 0. The summed E-state index contributed by atoms with van der Waals surface area (Å²) < 4.78 is 17.4. The van der Waals surface area contributed by atoms with Crippen molar-refractivity contribution < 1.29 is 24.2 Å². The molecule has 0 saturated carbocycles. The van der Waals surface area contributed by atoms with E-state index in [0.717, 1.165) is 0 Å². The molecule has 0 spiro atoms. The molecule has 2 heterocycles. The van der Waals surface area contributed by atoms with E-state index >= 15 is 0 Å². The number of nitrogens with zero attached hydrogens (tertiary/aromatic N) is 4. The van der Waals surface area contributed by atoms with Crippen molar-refractivity contribution in [3.8, 4) is 0 Å². The number of aliphatic hydroxyl groups excluding tert-OH is 1. The topological polar surface area (TPSA) is 157 Å². The molecule has 110 valence electrons. The fourth-order valence-corrected chi connectivity index (χ4v) is 2.04. The van der Waals surface area contributed by atoms with Gasteiger partial charge in [0.15, 0.2) is 17.8 Å². The van der Waals surface area contributed by atoms with Gasteiger partial charge in [-0.2, -0.15) is 0 Å². The fourth-order valence-electron chi connectivity index (χ4n) is 1.68. The first-order valence-electron chi connectivity index (χ1n) is 5.62. The van der Waals surface area contributed by atoms with Gasteiger partial charge in [-0.3, -0.25) is 9.13 Å². The molecule has 0 amide bonds. The van der Waals surface area contributed by atoms with Crippen LogP contribution < -0.4 is 5.73 Å². The highest BCUT2D eigenvalue weighted by Crippen LogP contribution is 2.36. The summed E-state index contributed by atoms with van der Waals surface area (Å²) in [6.07, 6.45) is 1.16. The first kappa shape index (κ1) is 14.8. The van der Waals surface area contributed by atoms with Gasteiger partial charge in [-0.25, -0.2) is 15.0 Å². The summed E-state index contributed by atoms with van der Waals surface area (Å²) in [4.78, 5) is 29.5. The number of hydrogen-bond donors (Lipinski definition) is 4. The Kier molecular flexibility index (Phi) is 4.31. The second kappa shape index (κ2) is 5.81. The standard InChI is InChI=1S/C9H14N5O5P/c10-8-7-9(12-3-11-8)14(4-13-7)6(1-2-15)19-5-20(16,17)18/h3-4,6,15H,1-2,5H2,(H2,10,11,12)(H2,16,17,18). The minimum absolute atomic E-state index is 0.120. The Hall–Kier alpha value is -1.58. The van der Waals surface area contributed by atoms with Gasteiger partial charge in [0.1, 0.15) is 18.1 Å². The predicted molar refractivity (Wildman–Crippen MR) is 68.5 cm³/mol. The summed E-state index contributed by atoms with van der Waals surface area (Å²) in [6.45, 7) is -0.230. The number of aromatic nitrogens is 4. The molecule has 2 rings (SSSR count). The normalized spacial score (nSPS) is 13.8. The van der Waals surface area contributed by atoms with Crippen molar-refractivity contribution in [2.24, 2.45) is 0 Å². The second-order valence-corrected chi connectivity index (χ2v) is 5.60. The zero-order valence-corrected chi connectivity index (χ0v) is 11.2. The van der Waals surface area contributed by atoms with Gasteiger partial charge in [0.05, 0.1) is 6.33 Å². The minimum atomic E-state index is -4.31. The largest absolute Gasteiger partial charge is 0.396 e. The molecule has 0 saturated heterocycles. The van der Waals surface area contributed by atoms with Gasteiger partial charge in [-0.1, -0.05) is 0 Å². The lowest BCUT2D eigenvalue weighted by atomic mass is 10.4. The van der Waals surface area contributed by atoms with Gasteiger partial charge in [-0.15, -0.1) is 0 Å². The van der Waals surface area contributed by atoms with Crippen LogP contribution in [0, 0.1) is 0 Å². The van der Waals surface area contributed by atoms with Crippen LogP contribution in [0.4, 0.5) is 5.82 Å². The molecule has 0 aliphatic heterocycles. The molecule has 10 nitrogen and oxygen atoms in total. The van der Waals surface area contributed by atoms with E-state index in [0.29, 0.717) is 11.2 Å². The summed E-state index contributed by atoms with van der Waals surface area (Å²) in [5.74, 6) is 0.187. The maximum Gasteiger partial charge on any atom is 0.351 e. The average Bonchev–Trinajstić information content (AvgIpc) is 2.79. The molecule has 20 heavy (non-hydrogen) atoms. The predicted octanol–water partition coefficient (Wildman–Crippen LogP) is -0.559. The van der Waals surface area contributed by atoms with E-state index in [-0.39, 0.29) is 18.8 Å². The molecule has 0 aliphatic carbocycles. The van der Waals surface area contributed by atoms with Crippen molar-refractivity contribution in [2.45, 2.75) is 12.6 Å². The van der Waals surface area contributed by atoms with Crippen LogP contribution in [0.5, 0.6) is 0 Å². The number of anilines is 1. The molecule has 0 fully saturated rings. The van der Waals surface area contributed by atoms with Gasteiger partial charge in [0.2, 0.25) is 0 Å². The Morgan fingerprint density at radius 3 is 2.80 bits per heavy atom. The van der Waals surface area contributed by atoms with E-state index in [9.17, 15) is 4.57 Å². The molecule has 0 aliphatic rings. The Bertz CT molecular complexity index is 641. The summed E-state index contributed by atoms with van der Waals surface area (Å²) in [6, 6.07) is 0. The molecule has 2 aromatic rings. The molecule has 0 bridgehead atoms. The van der Waals surface area contributed by atoms with Gasteiger partial charge in [-0.05, 0) is 0 Å². The molecule has 2 aromatic heterocycles. The van der Waals surface area contributed by atoms with Crippen LogP contribution >= 0.6 is 7.60 Å². The molecule has 0 aromatic carbocycles. The van der Waals surface area contributed by atoms with Gasteiger partial charge in [0, 0.05) is 13.0 Å². The van der Waals surface area contributed by atoms with Crippen LogP contribution in [0.1, 0.15) is 12.6 Å². The number of ether oxygens (including phenoxy) is 1. The highest BCUT2D eigenvalue weighted by molar-refractivity contribution is 7.51.